The van der Waals surface area contributed by atoms with E-state index < -0.39 is 10.0 Å². The summed E-state index contributed by atoms with van der Waals surface area (Å²) >= 11 is 6.30. The second-order valence-corrected chi connectivity index (χ2v) is 9.01. The second-order valence-electron chi connectivity index (χ2n) is 6.62. The van der Waals surface area contributed by atoms with Gasteiger partial charge in [-0.3, -0.25) is 4.79 Å². The van der Waals surface area contributed by atoms with Crippen LogP contribution in [0.1, 0.15) is 36.0 Å². The van der Waals surface area contributed by atoms with Crippen molar-refractivity contribution in [2.45, 2.75) is 31.8 Å². The van der Waals surface area contributed by atoms with Crippen LogP contribution in [0, 0.1) is 0 Å². The molecule has 6 nitrogen and oxygen atoms in total. The van der Waals surface area contributed by atoms with Gasteiger partial charge in [0, 0.05) is 31.7 Å². The average molecular weight is 387 g/mol. The minimum Gasteiger partial charge on any atom is -0.489 e. The van der Waals surface area contributed by atoms with Crippen molar-refractivity contribution in [3.63, 3.8) is 0 Å². The molecule has 2 fully saturated rings. The third-order valence-corrected chi connectivity index (χ3v) is 6.33. The van der Waals surface area contributed by atoms with Crippen LogP contribution in [0.4, 0.5) is 0 Å². The molecule has 0 saturated carbocycles. The lowest BCUT2D eigenvalue weighted by molar-refractivity contribution is 0.0792. The third kappa shape index (κ3) is 4.46. The van der Waals surface area contributed by atoms with Crippen LogP contribution < -0.4 is 4.74 Å². The Hall–Kier alpha value is -1.31. The summed E-state index contributed by atoms with van der Waals surface area (Å²) in [5, 5.41) is 0.413. The van der Waals surface area contributed by atoms with Gasteiger partial charge in [-0.1, -0.05) is 11.6 Å². The quantitative estimate of drug-likeness (QED) is 0.796. The van der Waals surface area contributed by atoms with E-state index in [1.807, 2.05) is 4.90 Å². The molecule has 138 valence electrons. The highest BCUT2D eigenvalue weighted by Gasteiger charge is 2.26. The fourth-order valence-corrected chi connectivity index (χ4v) is 4.39. The van der Waals surface area contributed by atoms with E-state index in [2.05, 4.69) is 0 Å². The number of rotatable bonds is 4. The van der Waals surface area contributed by atoms with Crippen molar-refractivity contribution in [2.24, 2.45) is 0 Å². The largest absolute Gasteiger partial charge is 0.489 e. The molecule has 1 aromatic rings. The molecule has 0 aromatic heterocycles. The summed E-state index contributed by atoms with van der Waals surface area (Å²) in [6, 6.07) is 5.13. The fraction of sp³-hybridized carbons (Fsp3) is 0.588. The lowest BCUT2D eigenvalue weighted by Crippen LogP contribution is -2.41. The van der Waals surface area contributed by atoms with Crippen molar-refractivity contribution >= 4 is 27.5 Å². The summed E-state index contributed by atoms with van der Waals surface area (Å²) in [5.74, 6) is 0.546. The molecule has 0 spiro atoms. The van der Waals surface area contributed by atoms with Crippen LogP contribution in [-0.4, -0.2) is 62.1 Å². The molecule has 2 aliphatic rings. The fourth-order valence-electron chi connectivity index (χ4n) is 3.29. The topological polar surface area (TPSA) is 66.9 Å². The van der Waals surface area contributed by atoms with E-state index in [1.165, 1.54) is 10.6 Å². The first-order valence-corrected chi connectivity index (χ1v) is 10.8. The van der Waals surface area contributed by atoms with E-state index in [1.54, 1.807) is 18.2 Å². The first-order valence-electron chi connectivity index (χ1n) is 8.55. The Bertz CT molecular complexity index is 739. The molecule has 0 N–H and O–H groups in total. The zero-order chi connectivity index (χ0) is 18.0. The standard InChI is InChI=1S/C17H23ClN2O4S/c1-25(22,23)20-10-6-14(7-11-20)24-16-5-4-13(12-15(16)18)17(21)19-8-2-3-9-19/h4-5,12,14H,2-3,6-11H2,1H3. The number of hydrogen-bond donors (Lipinski definition) is 0. The maximum atomic E-state index is 12.4. The molecule has 1 aromatic carbocycles. The molecule has 2 saturated heterocycles. The van der Waals surface area contributed by atoms with Crippen molar-refractivity contribution in [2.75, 3.05) is 32.4 Å². The Labute approximate surface area is 153 Å². The smallest absolute Gasteiger partial charge is 0.253 e. The van der Waals surface area contributed by atoms with E-state index in [0.29, 0.717) is 42.3 Å². The van der Waals surface area contributed by atoms with Crippen LogP contribution in [0.2, 0.25) is 5.02 Å². The van der Waals surface area contributed by atoms with Crippen molar-refractivity contribution in [1.29, 1.82) is 0 Å². The number of benzene rings is 1. The maximum Gasteiger partial charge on any atom is 0.253 e. The van der Waals surface area contributed by atoms with Gasteiger partial charge in [0.2, 0.25) is 10.0 Å². The number of likely N-dealkylation sites (tertiary alicyclic amines) is 1. The van der Waals surface area contributed by atoms with Crippen LogP contribution in [0.3, 0.4) is 0 Å². The van der Waals surface area contributed by atoms with E-state index in [4.69, 9.17) is 16.3 Å². The molecule has 0 atom stereocenters. The van der Waals surface area contributed by atoms with E-state index in [9.17, 15) is 13.2 Å². The number of nitrogens with zero attached hydrogens (tertiary/aromatic N) is 2. The van der Waals surface area contributed by atoms with Crippen LogP contribution >= 0.6 is 11.6 Å². The number of carbonyl (C=O) groups is 1. The highest BCUT2D eigenvalue weighted by molar-refractivity contribution is 7.88. The first-order chi connectivity index (χ1) is 11.8. The van der Waals surface area contributed by atoms with Crippen molar-refractivity contribution < 1.29 is 17.9 Å². The van der Waals surface area contributed by atoms with Gasteiger partial charge in [0.05, 0.1) is 11.3 Å². The van der Waals surface area contributed by atoms with Gasteiger partial charge >= 0.3 is 0 Å². The van der Waals surface area contributed by atoms with Crippen LogP contribution in [-0.2, 0) is 10.0 Å². The highest BCUT2D eigenvalue weighted by atomic mass is 35.5. The van der Waals surface area contributed by atoms with Crippen LogP contribution in [0.5, 0.6) is 5.75 Å². The first kappa shape index (κ1) is 18.5. The van der Waals surface area contributed by atoms with Crippen molar-refractivity contribution in [3.8, 4) is 5.75 Å². The third-order valence-electron chi connectivity index (χ3n) is 4.74. The lowest BCUT2D eigenvalue weighted by Gasteiger charge is -2.30. The Kier molecular flexibility index (Phi) is 5.55. The molecule has 1 amide bonds. The van der Waals surface area contributed by atoms with Gasteiger partial charge in [0.1, 0.15) is 11.9 Å². The summed E-state index contributed by atoms with van der Waals surface area (Å²) in [7, 11) is -3.14. The molecule has 25 heavy (non-hydrogen) atoms. The van der Waals surface area contributed by atoms with Crippen LogP contribution in [0.25, 0.3) is 0 Å². The summed E-state index contributed by atoms with van der Waals surface area (Å²) in [5.41, 5.74) is 0.575. The van der Waals surface area contributed by atoms with E-state index in [0.717, 1.165) is 25.9 Å². The van der Waals surface area contributed by atoms with E-state index in [-0.39, 0.29) is 12.0 Å². The second kappa shape index (κ2) is 7.51. The number of ether oxygens (including phenoxy) is 1. The maximum absolute atomic E-state index is 12.4. The minimum atomic E-state index is -3.14. The number of carbonyl (C=O) groups excluding carboxylic acids is 1. The Morgan fingerprint density at radius 2 is 1.80 bits per heavy atom. The molecular weight excluding hydrogens is 364 g/mol. The molecule has 0 radical (unpaired) electrons. The number of amides is 1. The van der Waals surface area contributed by atoms with Gasteiger partial charge in [0.25, 0.3) is 5.91 Å². The number of piperidine rings is 1. The minimum absolute atomic E-state index is 0.00686. The van der Waals surface area contributed by atoms with Crippen molar-refractivity contribution in [1.82, 2.24) is 9.21 Å². The van der Waals surface area contributed by atoms with E-state index >= 15 is 0 Å². The molecule has 2 heterocycles. The number of sulfonamides is 1. The number of halogens is 1. The molecule has 8 heteroatoms. The van der Waals surface area contributed by atoms with Crippen LogP contribution in [0.15, 0.2) is 18.2 Å². The summed E-state index contributed by atoms with van der Waals surface area (Å²) in [6.07, 6.45) is 4.49. The number of hydrogen-bond acceptors (Lipinski definition) is 4. The van der Waals surface area contributed by atoms with Gasteiger partial charge < -0.3 is 9.64 Å². The average Bonchev–Trinajstić information content (AvgIpc) is 3.10. The van der Waals surface area contributed by atoms with Gasteiger partial charge in [-0.15, -0.1) is 0 Å². The van der Waals surface area contributed by atoms with Gasteiger partial charge in [-0.2, -0.15) is 0 Å². The molecular formula is C17H23ClN2O4S. The lowest BCUT2D eigenvalue weighted by atomic mass is 10.1. The SMILES string of the molecule is CS(=O)(=O)N1CCC(Oc2ccc(C(=O)N3CCCC3)cc2Cl)CC1. The van der Waals surface area contributed by atoms with Gasteiger partial charge in [-0.25, -0.2) is 12.7 Å². The van der Waals surface area contributed by atoms with Gasteiger partial charge in [0.15, 0.2) is 0 Å². The molecule has 2 aliphatic heterocycles. The predicted octanol–water partition coefficient (Wildman–Crippen LogP) is 2.38. The molecule has 0 unspecified atom stereocenters. The summed E-state index contributed by atoms with van der Waals surface area (Å²) in [6.45, 7) is 2.50. The summed E-state index contributed by atoms with van der Waals surface area (Å²) in [4.78, 5) is 14.2. The zero-order valence-electron chi connectivity index (χ0n) is 14.3. The Morgan fingerprint density at radius 1 is 1.16 bits per heavy atom. The Morgan fingerprint density at radius 3 is 2.36 bits per heavy atom. The molecule has 0 aliphatic carbocycles. The monoisotopic (exact) mass is 386 g/mol. The Balaban J connectivity index is 1.61. The summed E-state index contributed by atoms with van der Waals surface area (Å²) < 4.78 is 30.5. The predicted molar refractivity (Wildman–Crippen MR) is 96.7 cm³/mol. The van der Waals surface area contributed by atoms with Gasteiger partial charge in [-0.05, 0) is 43.9 Å². The normalized spacial score (nSPS) is 20.0. The molecule has 3 rings (SSSR count). The molecule has 0 bridgehead atoms. The zero-order valence-corrected chi connectivity index (χ0v) is 15.9. The highest BCUT2D eigenvalue weighted by Crippen LogP contribution is 2.29. The van der Waals surface area contributed by atoms with Crippen molar-refractivity contribution in [3.05, 3.63) is 28.8 Å².